The average Bonchev–Trinajstić information content (AvgIpc) is 2.78. The van der Waals surface area contributed by atoms with Gasteiger partial charge in [0.15, 0.2) is 0 Å². The zero-order chi connectivity index (χ0) is 12.9. The molecule has 0 aliphatic heterocycles. The maximum atomic E-state index is 11.6. The van der Waals surface area contributed by atoms with E-state index in [0.717, 1.165) is 5.56 Å². The van der Waals surface area contributed by atoms with Gasteiger partial charge in [-0.05, 0) is 36.2 Å². The maximum absolute atomic E-state index is 11.6. The van der Waals surface area contributed by atoms with E-state index >= 15 is 0 Å². The van der Waals surface area contributed by atoms with Crippen LogP contribution in [0.3, 0.4) is 0 Å². The Morgan fingerprint density at radius 3 is 2.88 bits per heavy atom. The van der Waals surface area contributed by atoms with E-state index in [0.29, 0.717) is 0 Å². The lowest BCUT2D eigenvalue weighted by atomic mass is 10.0. The summed E-state index contributed by atoms with van der Waals surface area (Å²) < 4.78 is 5.17. The van der Waals surface area contributed by atoms with Crippen molar-refractivity contribution in [2.45, 2.75) is 32.0 Å². The number of carbonyl (C=O) groups is 1. The van der Waals surface area contributed by atoms with Gasteiger partial charge in [-0.2, -0.15) is 11.3 Å². The zero-order valence-corrected chi connectivity index (χ0v) is 11.2. The molecule has 0 saturated carbocycles. The molecule has 1 atom stereocenters. The van der Waals surface area contributed by atoms with Gasteiger partial charge in [0.2, 0.25) is 5.91 Å². The van der Waals surface area contributed by atoms with Crippen molar-refractivity contribution in [2.75, 3.05) is 13.7 Å². The third-order valence-electron chi connectivity index (χ3n) is 2.56. The fourth-order valence-corrected chi connectivity index (χ4v) is 2.02. The van der Waals surface area contributed by atoms with Crippen LogP contribution in [0.15, 0.2) is 16.8 Å². The van der Waals surface area contributed by atoms with Crippen LogP contribution in [0.4, 0.5) is 0 Å². The second-order valence-corrected chi connectivity index (χ2v) is 5.30. The molecule has 0 radical (unpaired) electrons. The van der Waals surface area contributed by atoms with E-state index in [1.54, 1.807) is 7.11 Å². The topological polar surface area (TPSA) is 58.6 Å². The lowest BCUT2D eigenvalue weighted by Crippen LogP contribution is -2.35. The first kappa shape index (κ1) is 14.2. The van der Waals surface area contributed by atoms with Gasteiger partial charge in [0.05, 0.1) is 18.1 Å². The molecule has 0 fully saturated rings. The molecule has 17 heavy (non-hydrogen) atoms. The minimum Gasteiger partial charge on any atom is -0.387 e. The molecule has 96 valence electrons. The van der Waals surface area contributed by atoms with Crippen LogP contribution >= 0.6 is 11.3 Å². The van der Waals surface area contributed by atoms with Gasteiger partial charge < -0.3 is 15.2 Å². The molecule has 0 bridgehead atoms. The van der Waals surface area contributed by atoms with Crippen molar-refractivity contribution < 1.29 is 14.6 Å². The van der Waals surface area contributed by atoms with Crippen molar-refractivity contribution in [3.8, 4) is 0 Å². The quantitative estimate of drug-likeness (QED) is 0.815. The first-order valence-electron chi connectivity index (χ1n) is 5.46. The Balaban J connectivity index is 2.34. The number of amides is 1. The van der Waals surface area contributed by atoms with Gasteiger partial charge in [-0.1, -0.05) is 0 Å². The van der Waals surface area contributed by atoms with Crippen LogP contribution in [-0.2, 0) is 9.53 Å². The van der Waals surface area contributed by atoms with Crippen LogP contribution in [0.25, 0.3) is 0 Å². The molecule has 1 rings (SSSR count). The molecule has 1 aromatic heterocycles. The summed E-state index contributed by atoms with van der Waals surface area (Å²) in [6.07, 6.45) is -0.365. The van der Waals surface area contributed by atoms with Crippen molar-refractivity contribution in [2.24, 2.45) is 0 Å². The summed E-state index contributed by atoms with van der Waals surface area (Å²) in [5.41, 5.74) is 0.360. The Labute approximate surface area is 106 Å². The molecular weight excluding hydrogens is 238 g/mol. The van der Waals surface area contributed by atoms with Crippen LogP contribution in [0, 0.1) is 0 Å². The summed E-state index contributed by atoms with van der Waals surface area (Å²) in [4.78, 5) is 11.6. The number of hydrogen-bond donors (Lipinski definition) is 2. The molecule has 2 N–H and O–H groups in total. The second-order valence-electron chi connectivity index (χ2n) is 4.52. The number of methoxy groups -OCH3 is 1. The standard InChI is InChI=1S/C12H19NO3S/c1-12(2,16-3)6-11(15)13-7-10(14)9-4-5-17-8-9/h4-5,8,10,14H,6-7H2,1-3H3,(H,13,15). The minimum atomic E-state index is -0.643. The lowest BCUT2D eigenvalue weighted by Gasteiger charge is -2.22. The van der Waals surface area contributed by atoms with Crippen LogP contribution in [0.1, 0.15) is 31.9 Å². The zero-order valence-electron chi connectivity index (χ0n) is 10.4. The highest BCUT2D eigenvalue weighted by molar-refractivity contribution is 7.07. The van der Waals surface area contributed by atoms with Gasteiger partial charge >= 0.3 is 0 Å². The highest BCUT2D eigenvalue weighted by Gasteiger charge is 2.21. The lowest BCUT2D eigenvalue weighted by molar-refractivity contribution is -0.126. The van der Waals surface area contributed by atoms with E-state index in [-0.39, 0.29) is 18.9 Å². The van der Waals surface area contributed by atoms with Gasteiger partial charge in [-0.25, -0.2) is 0 Å². The van der Waals surface area contributed by atoms with E-state index < -0.39 is 11.7 Å². The third-order valence-corrected chi connectivity index (χ3v) is 3.26. The number of nitrogens with one attached hydrogen (secondary N) is 1. The molecule has 1 heterocycles. The molecule has 1 aromatic rings. The summed E-state index contributed by atoms with van der Waals surface area (Å²) in [6.45, 7) is 3.93. The predicted molar refractivity (Wildman–Crippen MR) is 68.0 cm³/mol. The fraction of sp³-hybridized carbons (Fsp3) is 0.583. The number of rotatable bonds is 6. The molecule has 1 amide bonds. The van der Waals surface area contributed by atoms with Gasteiger partial charge in [0.1, 0.15) is 0 Å². The molecule has 0 saturated heterocycles. The normalized spacial score (nSPS) is 13.4. The Hall–Kier alpha value is -0.910. The van der Waals surface area contributed by atoms with E-state index in [2.05, 4.69) is 5.32 Å². The molecule has 0 aromatic carbocycles. The van der Waals surface area contributed by atoms with Crippen LogP contribution < -0.4 is 5.32 Å². The highest BCUT2D eigenvalue weighted by Crippen LogP contribution is 2.16. The molecule has 0 spiro atoms. The molecular formula is C12H19NO3S. The highest BCUT2D eigenvalue weighted by atomic mass is 32.1. The van der Waals surface area contributed by atoms with Crippen LogP contribution in [-0.4, -0.2) is 30.3 Å². The summed E-state index contributed by atoms with van der Waals surface area (Å²) >= 11 is 1.52. The summed E-state index contributed by atoms with van der Waals surface area (Å²) in [5.74, 6) is -0.119. The van der Waals surface area contributed by atoms with Gasteiger partial charge in [0, 0.05) is 13.7 Å². The molecule has 1 unspecified atom stereocenters. The number of ether oxygens (including phenoxy) is 1. The number of aliphatic hydroxyl groups excluding tert-OH is 1. The Kier molecular flexibility index (Phi) is 5.11. The largest absolute Gasteiger partial charge is 0.387 e. The monoisotopic (exact) mass is 257 g/mol. The van der Waals surface area contributed by atoms with Crippen molar-refractivity contribution in [1.82, 2.24) is 5.32 Å². The summed E-state index contributed by atoms with van der Waals surface area (Å²) in [5, 5.41) is 16.2. The van der Waals surface area contributed by atoms with Gasteiger partial charge in [-0.15, -0.1) is 0 Å². The molecule has 0 aliphatic carbocycles. The van der Waals surface area contributed by atoms with E-state index in [1.165, 1.54) is 11.3 Å². The van der Waals surface area contributed by atoms with Gasteiger partial charge in [-0.3, -0.25) is 4.79 Å². The molecule has 4 nitrogen and oxygen atoms in total. The first-order valence-corrected chi connectivity index (χ1v) is 6.41. The summed E-state index contributed by atoms with van der Waals surface area (Å²) in [7, 11) is 1.58. The number of carbonyl (C=O) groups excluding carboxylic acids is 1. The fourth-order valence-electron chi connectivity index (χ4n) is 1.31. The van der Waals surface area contributed by atoms with Crippen molar-refractivity contribution in [3.63, 3.8) is 0 Å². The van der Waals surface area contributed by atoms with E-state index in [9.17, 15) is 9.90 Å². The maximum Gasteiger partial charge on any atom is 0.222 e. The SMILES string of the molecule is COC(C)(C)CC(=O)NCC(O)c1ccsc1. The number of hydrogen-bond acceptors (Lipinski definition) is 4. The predicted octanol–water partition coefficient (Wildman–Crippen LogP) is 1.71. The van der Waals surface area contributed by atoms with Crippen molar-refractivity contribution in [1.29, 1.82) is 0 Å². The van der Waals surface area contributed by atoms with E-state index in [4.69, 9.17) is 4.74 Å². The number of aliphatic hydroxyl groups is 1. The summed E-state index contributed by atoms with van der Waals surface area (Å²) in [6, 6.07) is 1.85. The second kappa shape index (κ2) is 6.14. The Morgan fingerprint density at radius 2 is 2.35 bits per heavy atom. The van der Waals surface area contributed by atoms with Crippen molar-refractivity contribution >= 4 is 17.2 Å². The Morgan fingerprint density at radius 1 is 1.65 bits per heavy atom. The van der Waals surface area contributed by atoms with E-state index in [1.807, 2.05) is 30.7 Å². The van der Waals surface area contributed by atoms with Gasteiger partial charge in [0.25, 0.3) is 0 Å². The Bertz CT molecular complexity index is 349. The first-order chi connectivity index (χ1) is 7.94. The third kappa shape index (κ3) is 4.85. The number of thiophene rings is 1. The smallest absolute Gasteiger partial charge is 0.222 e. The average molecular weight is 257 g/mol. The molecule has 5 heteroatoms. The molecule has 0 aliphatic rings. The minimum absolute atomic E-state index is 0.119. The van der Waals surface area contributed by atoms with Crippen molar-refractivity contribution in [3.05, 3.63) is 22.4 Å². The van der Waals surface area contributed by atoms with Crippen LogP contribution in [0.5, 0.6) is 0 Å². The van der Waals surface area contributed by atoms with Crippen LogP contribution in [0.2, 0.25) is 0 Å².